The lowest BCUT2D eigenvalue weighted by atomic mass is 9.85. The van der Waals surface area contributed by atoms with Gasteiger partial charge in [-0.1, -0.05) is 41.9 Å². The van der Waals surface area contributed by atoms with Crippen molar-refractivity contribution in [3.05, 3.63) is 46.6 Å². The maximum atomic E-state index is 12.2. The van der Waals surface area contributed by atoms with Gasteiger partial charge in [-0.2, -0.15) is 0 Å². The fourth-order valence-corrected chi connectivity index (χ4v) is 3.31. The van der Waals surface area contributed by atoms with Crippen LogP contribution in [0, 0.1) is 5.92 Å². The van der Waals surface area contributed by atoms with Gasteiger partial charge in [0.05, 0.1) is 17.0 Å². The second kappa shape index (κ2) is 6.10. The summed E-state index contributed by atoms with van der Waals surface area (Å²) in [5.41, 5.74) is 1.02. The van der Waals surface area contributed by atoms with E-state index in [2.05, 4.69) is 0 Å². The van der Waals surface area contributed by atoms with E-state index >= 15 is 0 Å². The Kier molecular flexibility index (Phi) is 4.18. The minimum Gasteiger partial charge on any atom is -0.456 e. The summed E-state index contributed by atoms with van der Waals surface area (Å²) in [5, 5.41) is 9.34. The molecule has 0 bridgehead atoms. The van der Waals surface area contributed by atoms with Crippen LogP contribution in [-0.2, 0) is 20.9 Å². The number of hydrogen-bond acceptors (Lipinski definition) is 4. The first-order chi connectivity index (χ1) is 10.6. The minimum atomic E-state index is -0.577. The molecule has 3 rings (SSSR count). The highest BCUT2D eigenvalue weighted by atomic mass is 35.5. The average molecular weight is 322 g/mol. The Bertz CT molecular complexity index is 628. The zero-order valence-corrected chi connectivity index (χ0v) is 12.6. The van der Waals surface area contributed by atoms with E-state index in [1.807, 2.05) is 30.3 Å². The number of hydrogen-bond donors (Lipinski definition) is 1. The maximum absolute atomic E-state index is 12.2. The van der Waals surface area contributed by atoms with E-state index in [9.17, 15) is 9.59 Å². The number of carbonyl (C=O) groups is 2. The predicted octanol–water partition coefficient (Wildman–Crippen LogP) is 1.79. The lowest BCUT2D eigenvalue weighted by Crippen LogP contribution is -2.58. The predicted molar refractivity (Wildman–Crippen MR) is 79.6 cm³/mol. The standard InChI is InChI=1S/C16H16ClNO4/c17-12-8-13-11(6-7-19)15(20)18(13)14(12)16(21)22-9-10-4-2-1-3-5-10/h1-5,11,13,19H,6-9H2. The third kappa shape index (κ3) is 2.51. The van der Waals surface area contributed by atoms with Crippen LogP contribution in [0.4, 0.5) is 0 Å². The van der Waals surface area contributed by atoms with E-state index < -0.39 is 5.97 Å². The number of fused-ring (bicyclic) bond motifs is 1. The number of halogens is 1. The number of aliphatic hydroxyl groups is 1. The average Bonchev–Trinajstić information content (AvgIpc) is 2.85. The van der Waals surface area contributed by atoms with E-state index in [4.69, 9.17) is 21.4 Å². The Morgan fingerprint density at radius 2 is 2.09 bits per heavy atom. The Balaban J connectivity index is 1.66. The minimum absolute atomic E-state index is 0.0495. The van der Waals surface area contributed by atoms with Gasteiger partial charge in [-0.25, -0.2) is 4.79 Å². The summed E-state index contributed by atoms with van der Waals surface area (Å²) >= 11 is 6.14. The molecule has 1 saturated heterocycles. The number of rotatable bonds is 5. The monoisotopic (exact) mass is 321 g/mol. The Labute approximate surface area is 133 Å². The van der Waals surface area contributed by atoms with Crippen LogP contribution >= 0.6 is 11.6 Å². The first kappa shape index (κ1) is 15.1. The molecule has 0 saturated carbocycles. The molecular weight excluding hydrogens is 306 g/mol. The molecule has 1 aromatic rings. The molecule has 2 heterocycles. The van der Waals surface area contributed by atoms with Crippen LogP contribution in [0.3, 0.4) is 0 Å². The van der Waals surface area contributed by atoms with Crippen molar-refractivity contribution in [2.45, 2.75) is 25.5 Å². The van der Waals surface area contributed by atoms with Gasteiger partial charge < -0.3 is 14.7 Å². The van der Waals surface area contributed by atoms with Gasteiger partial charge in [0.15, 0.2) is 0 Å². The van der Waals surface area contributed by atoms with Gasteiger partial charge in [-0.15, -0.1) is 0 Å². The van der Waals surface area contributed by atoms with E-state index in [-0.39, 0.29) is 36.8 Å². The second-order valence-electron chi connectivity index (χ2n) is 5.41. The maximum Gasteiger partial charge on any atom is 0.356 e. The number of benzene rings is 1. The van der Waals surface area contributed by atoms with Crippen molar-refractivity contribution in [1.82, 2.24) is 4.90 Å². The lowest BCUT2D eigenvalue weighted by molar-refractivity contribution is -0.157. The molecule has 2 aliphatic rings. The Morgan fingerprint density at radius 3 is 2.77 bits per heavy atom. The first-order valence-electron chi connectivity index (χ1n) is 7.17. The Morgan fingerprint density at radius 1 is 1.36 bits per heavy atom. The molecule has 1 amide bonds. The molecule has 0 radical (unpaired) electrons. The van der Waals surface area contributed by atoms with Gasteiger partial charge in [-0.05, 0) is 12.0 Å². The second-order valence-corrected chi connectivity index (χ2v) is 5.87. The lowest BCUT2D eigenvalue weighted by Gasteiger charge is -2.43. The number of amides is 1. The quantitative estimate of drug-likeness (QED) is 0.663. The highest BCUT2D eigenvalue weighted by Crippen LogP contribution is 2.45. The number of nitrogens with zero attached hydrogens (tertiary/aromatic N) is 1. The SMILES string of the molecule is O=C(OCc1ccccc1)C1=C(Cl)CC2C(CCO)C(=O)N12. The summed E-state index contributed by atoms with van der Waals surface area (Å²) < 4.78 is 5.25. The summed E-state index contributed by atoms with van der Waals surface area (Å²) in [7, 11) is 0. The van der Waals surface area contributed by atoms with Gasteiger partial charge in [0.2, 0.25) is 5.91 Å². The summed E-state index contributed by atoms with van der Waals surface area (Å²) in [5.74, 6) is -0.994. The first-order valence-corrected chi connectivity index (χ1v) is 7.55. The molecule has 116 valence electrons. The van der Waals surface area contributed by atoms with Gasteiger partial charge in [0.1, 0.15) is 12.3 Å². The highest BCUT2D eigenvalue weighted by Gasteiger charge is 2.54. The Hall–Kier alpha value is -1.85. The zero-order valence-electron chi connectivity index (χ0n) is 11.9. The number of β-lactam (4-membered cyclic amide) rings is 1. The van der Waals surface area contributed by atoms with Gasteiger partial charge in [-0.3, -0.25) is 4.79 Å². The molecule has 1 aromatic carbocycles. The summed E-state index contributed by atoms with van der Waals surface area (Å²) in [6, 6.07) is 9.19. The van der Waals surface area contributed by atoms with Crippen LogP contribution in [0.25, 0.3) is 0 Å². The van der Waals surface area contributed by atoms with E-state index in [1.54, 1.807) is 0 Å². The summed E-state index contributed by atoms with van der Waals surface area (Å²) in [4.78, 5) is 25.7. The molecule has 22 heavy (non-hydrogen) atoms. The van der Waals surface area contributed by atoms with Crippen LogP contribution in [0.1, 0.15) is 18.4 Å². The third-order valence-electron chi connectivity index (χ3n) is 4.08. The summed E-state index contributed by atoms with van der Waals surface area (Å²) in [6.07, 6.45) is 0.851. The number of carbonyl (C=O) groups excluding carboxylic acids is 2. The van der Waals surface area contributed by atoms with Crippen molar-refractivity contribution in [2.24, 2.45) is 5.92 Å². The largest absolute Gasteiger partial charge is 0.456 e. The van der Waals surface area contributed by atoms with Gasteiger partial charge in [0, 0.05) is 13.0 Å². The van der Waals surface area contributed by atoms with Gasteiger partial charge in [0.25, 0.3) is 0 Å². The fourth-order valence-electron chi connectivity index (χ4n) is 2.98. The van der Waals surface area contributed by atoms with Crippen LogP contribution in [-0.4, -0.2) is 34.5 Å². The van der Waals surface area contributed by atoms with E-state index in [0.29, 0.717) is 17.9 Å². The summed E-state index contributed by atoms with van der Waals surface area (Å²) in [6.45, 7) is 0.0895. The van der Waals surface area contributed by atoms with Crippen molar-refractivity contribution >= 4 is 23.5 Å². The number of ether oxygens (including phenoxy) is 1. The van der Waals surface area contributed by atoms with E-state index in [1.165, 1.54) is 4.90 Å². The molecule has 2 atom stereocenters. The van der Waals surface area contributed by atoms with Crippen LogP contribution in [0.5, 0.6) is 0 Å². The fraction of sp³-hybridized carbons (Fsp3) is 0.375. The molecule has 0 spiro atoms. The normalized spacial score (nSPS) is 23.4. The van der Waals surface area contributed by atoms with Crippen molar-refractivity contribution in [3.8, 4) is 0 Å². The smallest absolute Gasteiger partial charge is 0.356 e. The molecule has 0 aromatic heterocycles. The topological polar surface area (TPSA) is 66.8 Å². The molecule has 0 aliphatic carbocycles. The van der Waals surface area contributed by atoms with Crippen LogP contribution in [0.2, 0.25) is 0 Å². The van der Waals surface area contributed by atoms with Crippen molar-refractivity contribution in [3.63, 3.8) is 0 Å². The highest BCUT2D eigenvalue weighted by molar-refractivity contribution is 6.32. The molecular formula is C16H16ClNO4. The van der Waals surface area contributed by atoms with Crippen molar-refractivity contribution in [2.75, 3.05) is 6.61 Å². The zero-order chi connectivity index (χ0) is 15.7. The van der Waals surface area contributed by atoms with Crippen LogP contribution < -0.4 is 0 Å². The van der Waals surface area contributed by atoms with Gasteiger partial charge >= 0.3 is 5.97 Å². The molecule has 2 aliphatic heterocycles. The molecule has 5 nitrogen and oxygen atoms in total. The van der Waals surface area contributed by atoms with Crippen LogP contribution in [0.15, 0.2) is 41.1 Å². The van der Waals surface area contributed by atoms with E-state index in [0.717, 1.165) is 5.56 Å². The molecule has 1 N–H and O–H groups in total. The number of aliphatic hydroxyl groups excluding tert-OH is 1. The molecule has 2 unspecified atom stereocenters. The molecule has 6 heteroatoms. The van der Waals surface area contributed by atoms with Crippen molar-refractivity contribution in [1.29, 1.82) is 0 Å². The third-order valence-corrected chi connectivity index (χ3v) is 4.42. The molecule has 1 fully saturated rings. The van der Waals surface area contributed by atoms with Crippen molar-refractivity contribution < 1.29 is 19.4 Å². The number of esters is 1.